The molecule has 0 heterocycles. The van der Waals surface area contributed by atoms with Gasteiger partial charge >= 0.3 is 5.97 Å². The summed E-state index contributed by atoms with van der Waals surface area (Å²) in [6, 6.07) is -0.750. The highest BCUT2D eigenvalue weighted by Crippen LogP contribution is 1.99. The second kappa shape index (κ2) is 5.90. The molecule has 0 fully saturated rings. The number of hydrogen-bond donors (Lipinski definition) is 2. The zero-order valence-electron chi connectivity index (χ0n) is 8.40. The van der Waals surface area contributed by atoms with Crippen molar-refractivity contribution in [2.24, 2.45) is 0 Å². The molecule has 0 aliphatic carbocycles. The number of rotatable bonds is 6. The second-order valence-corrected chi connectivity index (χ2v) is 2.80. The Labute approximate surface area is 78.0 Å². The van der Waals surface area contributed by atoms with E-state index in [1.165, 1.54) is 14.2 Å². The first kappa shape index (κ1) is 12.3. The summed E-state index contributed by atoms with van der Waals surface area (Å²) in [6.07, 6.45) is -0.700. The predicted molar refractivity (Wildman–Crippen MR) is 47.5 cm³/mol. The van der Waals surface area contributed by atoms with Crippen LogP contribution in [0.1, 0.15) is 13.8 Å². The van der Waals surface area contributed by atoms with Crippen LogP contribution >= 0.6 is 0 Å². The average molecular weight is 191 g/mol. The van der Waals surface area contributed by atoms with Crippen LogP contribution < -0.4 is 5.32 Å². The van der Waals surface area contributed by atoms with E-state index in [2.05, 4.69) is 5.32 Å². The van der Waals surface area contributed by atoms with Crippen molar-refractivity contribution in [1.82, 2.24) is 5.32 Å². The molecular weight excluding hydrogens is 174 g/mol. The smallest absolute Gasteiger partial charge is 0.323 e. The lowest BCUT2D eigenvalue weighted by atomic mass is 10.2. The first-order valence-corrected chi connectivity index (χ1v) is 4.07. The van der Waals surface area contributed by atoms with E-state index in [1.54, 1.807) is 13.8 Å². The number of carbonyl (C=O) groups is 1. The van der Waals surface area contributed by atoms with Gasteiger partial charge in [-0.15, -0.1) is 0 Å². The predicted octanol–water partition coefficient (Wildman–Crippen LogP) is 0.0565. The summed E-state index contributed by atoms with van der Waals surface area (Å²) >= 11 is 0. The third kappa shape index (κ3) is 4.21. The zero-order chi connectivity index (χ0) is 10.4. The minimum Gasteiger partial charge on any atom is -0.480 e. The van der Waals surface area contributed by atoms with Gasteiger partial charge in [0.15, 0.2) is 0 Å². The first-order chi connectivity index (χ1) is 6.02. The van der Waals surface area contributed by atoms with Crippen LogP contribution in [0, 0.1) is 0 Å². The van der Waals surface area contributed by atoms with Crippen LogP contribution in [0.15, 0.2) is 0 Å². The van der Waals surface area contributed by atoms with Crippen LogP contribution in [0.3, 0.4) is 0 Å². The van der Waals surface area contributed by atoms with Gasteiger partial charge in [0.25, 0.3) is 0 Å². The molecule has 3 atom stereocenters. The monoisotopic (exact) mass is 191 g/mol. The Hall–Kier alpha value is -0.650. The maximum atomic E-state index is 10.8. The summed E-state index contributed by atoms with van der Waals surface area (Å²) < 4.78 is 9.82. The van der Waals surface area contributed by atoms with Gasteiger partial charge in [-0.1, -0.05) is 0 Å². The SMILES string of the molecule is COC(C)N[C@H](C(=O)O)[C@@H](C)OC. The van der Waals surface area contributed by atoms with Crippen LogP contribution in [0.2, 0.25) is 0 Å². The quantitative estimate of drug-likeness (QED) is 0.581. The molecule has 0 radical (unpaired) electrons. The fourth-order valence-corrected chi connectivity index (χ4v) is 0.865. The number of hydrogen-bond acceptors (Lipinski definition) is 4. The van der Waals surface area contributed by atoms with E-state index >= 15 is 0 Å². The van der Waals surface area contributed by atoms with Crippen LogP contribution in [0.25, 0.3) is 0 Å². The fourth-order valence-electron chi connectivity index (χ4n) is 0.865. The topological polar surface area (TPSA) is 67.8 Å². The molecule has 0 aromatic heterocycles. The van der Waals surface area contributed by atoms with Crippen molar-refractivity contribution in [1.29, 1.82) is 0 Å². The van der Waals surface area contributed by atoms with Crippen molar-refractivity contribution in [3.05, 3.63) is 0 Å². The van der Waals surface area contributed by atoms with Gasteiger partial charge in [0, 0.05) is 14.2 Å². The highest BCUT2D eigenvalue weighted by Gasteiger charge is 2.25. The lowest BCUT2D eigenvalue weighted by molar-refractivity contribution is -0.144. The minimum atomic E-state index is -0.946. The van der Waals surface area contributed by atoms with Crippen molar-refractivity contribution in [3.63, 3.8) is 0 Å². The molecule has 2 N–H and O–H groups in total. The summed E-state index contributed by atoms with van der Waals surface area (Å²) in [5.41, 5.74) is 0. The molecule has 0 amide bonds. The highest BCUT2D eigenvalue weighted by molar-refractivity contribution is 5.74. The lowest BCUT2D eigenvalue weighted by Gasteiger charge is -2.23. The normalized spacial score (nSPS) is 17.8. The molecule has 0 aliphatic heterocycles. The molecule has 0 saturated carbocycles. The maximum Gasteiger partial charge on any atom is 0.323 e. The van der Waals surface area contributed by atoms with E-state index in [9.17, 15) is 4.79 Å². The van der Waals surface area contributed by atoms with Gasteiger partial charge in [-0.25, -0.2) is 0 Å². The molecule has 5 nitrogen and oxygen atoms in total. The van der Waals surface area contributed by atoms with Crippen LogP contribution in [0.5, 0.6) is 0 Å². The Morgan fingerprint density at radius 1 is 1.31 bits per heavy atom. The Balaban J connectivity index is 4.17. The number of carboxylic acid groups (broad SMARTS) is 1. The van der Waals surface area contributed by atoms with Crippen molar-refractivity contribution in [2.45, 2.75) is 32.2 Å². The molecule has 1 unspecified atom stereocenters. The maximum absolute atomic E-state index is 10.8. The number of methoxy groups -OCH3 is 2. The summed E-state index contributed by atoms with van der Waals surface area (Å²) in [6.45, 7) is 3.42. The summed E-state index contributed by atoms with van der Waals surface area (Å²) in [4.78, 5) is 10.8. The zero-order valence-corrected chi connectivity index (χ0v) is 8.40. The summed E-state index contributed by atoms with van der Waals surface area (Å²) in [5, 5.41) is 11.6. The van der Waals surface area contributed by atoms with Gasteiger partial charge in [0.05, 0.1) is 6.10 Å². The van der Waals surface area contributed by atoms with Crippen molar-refractivity contribution >= 4 is 5.97 Å². The molecule has 0 spiro atoms. The van der Waals surface area contributed by atoms with Crippen molar-refractivity contribution < 1.29 is 19.4 Å². The average Bonchev–Trinajstić information content (AvgIpc) is 2.11. The number of aliphatic carboxylic acids is 1. The minimum absolute atomic E-state index is 0.307. The van der Waals surface area contributed by atoms with Gasteiger partial charge in [-0.3, -0.25) is 10.1 Å². The molecule has 0 aromatic carbocycles. The van der Waals surface area contributed by atoms with E-state index < -0.39 is 18.1 Å². The van der Waals surface area contributed by atoms with Crippen LogP contribution in [-0.4, -0.2) is 43.7 Å². The molecule has 13 heavy (non-hydrogen) atoms. The highest BCUT2D eigenvalue weighted by atomic mass is 16.5. The van der Waals surface area contributed by atoms with Gasteiger partial charge in [0.1, 0.15) is 12.3 Å². The second-order valence-electron chi connectivity index (χ2n) is 2.80. The van der Waals surface area contributed by atoms with Gasteiger partial charge in [-0.2, -0.15) is 0 Å². The number of nitrogens with one attached hydrogen (secondary N) is 1. The largest absolute Gasteiger partial charge is 0.480 e. The van der Waals surface area contributed by atoms with E-state index in [1.807, 2.05) is 0 Å². The third-order valence-electron chi connectivity index (χ3n) is 1.88. The fraction of sp³-hybridized carbons (Fsp3) is 0.875. The summed E-state index contributed by atoms with van der Waals surface area (Å²) in [5.74, 6) is -0.946. The molecule has 0 bridgehead atoms. The molecule has 0 saturated heterocycles. The Morgan fingerprint density at radius 2 is 1.85 bits per heavy atom. The Bertz CT molecular complexity index is 162. The van der Waals surface area contributed by atoms with Crippen molar-refractivity contribution in [3.8, 4) is 0 Å². The first-order valence-electron chi connectivity index (χ1n) is 4.07. The summed E-state index contributed by atoms with van der Waals surface area (Å²) in [7, 11) is 2.98. The van der Waals surface area contributed by atoms with Gasteiger partial charge < -0.3 is 14.6 Å². The molecule has 5 heteroatoms. The number of carboxylic acids is 1. The molecule has 0 aliphatic rings. The van der Waals surface area contributed by atoms with Crippen LogP contribution in [-0.2, 0) is 14.3 Å². The standard InChI is InChI=1S/C8H17NO4/c1-5(12-3)7(8(10)11)9-6(2)13-4/h5-7,9H,1-4H3,(H,10,11)/t5-,6?,7+/m1/s1. The number of ether oxygens (including phenoxy) is 2. The molecule has 0 rings (SSSR count). The third-order valence-corrected chi connectivity index (χ3v) is 1.88. The van der Waals surface area contributed by atoms with Crippen molar-refractivity contribution in [2.75, 3.05) is 14.2 Å². The molecule has 78 valence electrons. The van der Waals surface area contributed by atoms with Crippen LogP contribution in [0.4, 0.5) is 0 Å². The molecular formula is C8H17NO4. The van der Waals surface area contributed by atoms with E-state index in [0.29, 0.717) is 0 Å². The molecule has 0 aromatic rings. The Morgan fingerprint density at radius 3 is 2.15 bits per heavy atom. The van der Waals surface area contributed by atoms with E-state index in [-0.39, 0.29) is 6.23 Å². The van der Waals surface area contributed by atoms with E-state index in [0.717, 1.165) is 0 Å². The van der Waals surface area contributed by atoms with E-state index in [4.69, 9.17) is 14.6 Å². The Kier molecular flexibility index (Phi) is 5.61. The van der Waals surface area contributed by atoms with Gasteiger partial charge in [-0.05, 0) is 13.8 Å². The van der Waals surface area contributed by atoms with Gasteiger partial charge in [0.2, 0.25) is 0 Å². The lowest BCUT2D eigenvalue weighted by Crippen LogP contribution is -2.49.